The van der Waals surface area contributed by atoms with Gasteiger partial charge in [0.05, 0.1) is 6.54 Å². The van der Waals surface area contributed by atoms with Gasteiger partial charge in [0.2, 0.25) is 0 Å². The summed E-state index contributed by atoms with van der Waals surface area (Å²) in [6.45, 7) is 1.47. The van der Waals surface area contributed by atoms with E-state index in [4.69, 9.17) is 0 Å². The van der Waals surface area contributed by atoms with Gasteiger partial charge in [0, 0.05) is 19.6 Å². The maximum absolute atomic E-state index is 4.40. The number of hydrogen-bond donors (Lipinski definition) is 2. The normalized spacial score (nSPS) is 14.4. The van der Waals surface area contributed by atoms with Crippen molar-refractivity contribution in [3.8, 4) is 11.1 Å². The fourth-order valence-corrected chi connectivity index (χ4v) is 3.88. The van der Waals surface area contributed by atoms with Gasteiger partial charge >= 0.3 is 0 Å². The molecular formula is C23H29IN6. The van der Waals surface area contributed by atoms with Crippen LogP contribution in [0.1, 0.15) is 36.8 Å². The molecule has 0 atom stereocenters. The molecular weight excluding hydrogens is 487 g/mol. The lowest BCUT2D eigenvalue weighted by Gasteiger charge is -2.18. The summed E-state index contributed by atoms with van der Waals surface area (Å²) in [6.07, 6.45) is 8.39. The molecule has 6 nitrogen and oxygen atoms in total. The average Bonchev–Trinajstić information content (AvgIpc) is 3.46. The number of halogens is 1. The summed E-state index contributed by atoms with van der Waals surface area (Å²) in [7, 11) is 1.84. The predicted molar refractivity (Wildman–Crippen MR) is 132 cm³/mol. The van der Waals surface area contributed by atoms with Crippen LogP contribution in [0, 0.1) is 0 Å². The summed E-state index contributed by atoms with van der Waals surface area (Å²) in [6, 6.07) is 17.7. The lowest BCUT2D eigenvalue weighted by molar-refractivity contribution is 0.613. The van der Waals surface area contributed by atoms with Crippen LogP contribution in [0.5, 0.6) is 0 Å². The maximum Gasteiger partial charge on any atom is 0.191 e. The molecule has 158 valence electrons. The largest absolute Gasteiger partial charge is 0.354 e. The van der Waals surface area contributed by atoms with E-state index in [0.29, 0.717) is 6.04 Å². The van der Waals surface area contributed by atoms with Crippen molar-refractivity contribution < 1.29 is 0 Å². The maximum atomic E-state index is 4.40. The van der Waals surface area contributed by atoms with E-state index in [1.807, 2.05) is 11.7 Å². The zero-order valence-electron chi connectivity index (χ0n) is 17.3. The van der Waals surface area contributed by atoms with Gasteiger partial charge in [-0.3, -0.25) is 4.99 Å². The van der Waals surface area contributed by atoms with Crippen LogP contribution < -0.4 is 10.6 Å². The zero-order valence-corrected chi connectivity index (χ0v) is 19.6. The number of aliphatic imine (C=N–C) groups is 1. The van der Waals surface area contributed by atoms with Crippen LogP contribution >= 0.6 is 24.0 Å². The van der Waals surface area contributed by atoms with Gasteiger partial charge in [0.25, 0.3) is 0 Å². The summed E-state index contributed by atoms with van der Waals surface area (Å²) in [5.41, 5.74) is 4.91. The van der Waals surface area contributed by atoms with Crippen molar-refractivity contribution in [1.29, 1.82) is 0 Å². The number of nitrogens with one attached hydrogen (secondary N) is 2. The highest BCUT2D eigenvalue weighted by molar-refractivity contribution is 14.0. The van der Waals surface area contributed by atoms with Crippen LogP contribution in [-0.4, -0.2) is 33.8 Å². The topological polar surface area (TPSA) is 67.1 Å². The Kier molecular flexibility index (Phi) is 8.24. The van der Waals surface area contributed by atoms with E-state index in [0.717, 1.165) is 19.0 Å². The van der Waals surface area contributed by atoms with Crippen molar-refractivity contribution in [3.63, 3.8) is 0 Å². The molecule has 1 saturated carbocycles. The van der Waals surface area contributed by atoms with E-state index in [1.165, 1.54) is 47.9 Å². The van der Waals surface area contributed by atoms with Crippen molar-refractivity contribution in [2.75, 3.05) is 7.05 Å². The van der Waals surface area contributed by atoms with Gasteiger partial charge in [-0.15, -0.1) is 24.0 Å². The summed E-state index contributed by atoms with van der Waals surface area (Å²) < 4.78 is 1.83. The van der Waals surface area contributed by atoms with Crippen LogP contribution in [-0.2, 0) is 13.1 Å². The number of guanidine groups is 1. The second-order valence-corrected chi connectivity index (χ2v) is 7.50. The minimum absolute atomic E-state index is 0. The Balaban J connectivity index is 0.00000256. The molecule has 0 unspecified atom stereocenters. The van der Waals surface area contributed by atoms with E-state index < -0.39 is 0 Å². The fourth-order valence-electron chi connectivity index (χ4n) is 3.88. The highest BCUT2D eigenvalue weighted by atomic mass is 127. The first kappa shape index (κ1) is 22.3. The molecule has 3 aromatic rings. The lowest BCUT2D eigenvalue weighted by atomic mass is 9.98. The van der Waals surface area contributed by atoms with Crippen molar-refractivity contribution in [1.82, 2.24) is 25.4 Å². The van der Waals surface area contributed by atoms with Crippen LogP contribution in [0.15, 0.2) is 66.2 Å². The molecule has 2 N–H and O–H groups in total. The molecule has 0 radical (unpaired) electrons. The monoisotopic (exact) mass is 516 g/mol. The van der Waals surface area contributed by atoms with Crippen molar-refractivity contribution in [2.45, 2.75) is 44.8 Å². The first-order chi connectivity index (χ1) is 14.3. The van der Waals surface area contributed by atoms with Crippen LogP contribution in [0.25, 0.3) is 11.1 Å². The summed E-state index contributed by atoms with van der Waals surface area (Å²) in [5.74, 6) is 0.884. The Labute approximate surface area is 195 Å². The molecule has 1 aliphatic carbocycles. The third kappa shape index (κ3) is 5.81. The van der Waals surface area contributed by atoms with Gasteiger partial charge in [-0.2, -0.15) is 5.10 Å². The SMILES string of the molecule is CN=C(NCc1ccccc1-c1ccc(Cn2cncn2)cc1)NC1CCCC1.I. The number of nitrogens with zero attached hydrogens (tertiary/aromatic N) is 4. The average molecular weight is 516 g/mol. The van der Waals surface area contributed by atoms with E-state index >= 15 is 0 Å². The number of benzene rings is 2. The minimum atomic E-state index is 0. The molecule has 1 heterocycles. The van der Waals surface area contributed by atoms with Gasteiger partial charge < -0.3 is 10.6 Å². The van der Waals surface area contributed by atoms with Gasteiger partial charge in [0.15, 0.2) is 5.96 Å². The second kappa shape index (κ2) is 11.1. The van der Waals surface area contributed by atoms with Crippen molar-refractivity contribution in [2.24, 2.45) is 4.99 Å². The molecule has 2 aromatic carbocycles. The Morgan fingerprint density at radius 1 is 1.10 bits per heavy atom. The molecule has 0 aliphatic heterocycles. The van der Waals surface area contributed by atoms with Crippen LogP contribution in [0.4, 0.5) is 0 Å². The first-order valence-electron chi connectivity index (χ1n) is 10.3. The molecule has 30 heavy (non-hydrogen) atoms. The number of hydrogen-bond acceptors (Lipinski definition) is 3. The Morgan fingerprint density at radius 2 is 1.87 bits per heavy atom. The smallest absolute Gasteiger partial charge is 0.191 e. The van der Waals surface area contributed by atoms with Gasteiger partial charge in [0.1, 0.15) is 12.7 Å². The number of aromatic nitrogens is 3. The van der Waals surface area contributed by atoms with Gasteiger partial charge in [-0.25, -0.2) is 9.67 Å². The third-order valence-corrected chi connectivity index (χ3v) is 5.46. The van der Waals surface area contributed by atoms with E-state index in [2.05, 4.69) is 74.2 Å². The van der Waals surface area contributed by atoms with E-state index in [1.54, 1.807) is 12.7 Å². The molecule has 1 fully saturated rings. The summed E-state index contributed by atoms with van der Waals surface area (Å²) in [5, 5.41) is 11.2. The summed E-state index contributed by atoms with van der Waals surface area (Å²) in [4.78, 5) is 8.40. The predicted octanol–water partition coefficient (Wildman–Crippen LogP) is 4.22. The minimum Gasteiger partial charge on any atom is -0.354 e. The zero-order chi connectivity index (χ0) is 19.9. The molecule has 1 aliphatic rings. The Bertz CT molecular complexity index is 931. The van der Waals surface area contributed by atoms with Crippen LogP contribution in [0.3, 0.4) is 0 Å². The quantitative estimate of drug-likeness (QED) is 0.293. The highest BCUT2D eigenvalue weighted by Crippen LogP contribution is 2.24. The standard InChI is InChI=1S/C23H28N6.HI/c1-24-23(28-21-7-3-4-8-21)26-14-20-6-2-5-9-22(20)19-12-10-18(11-13-19)15-29-17-25-16-27-29;/h2,5-6,9-13,16-17,21H,3-4,7-8,14-15H2,1H3,(H2,24,26,28);1H. The molecule has 0 amide bonds. The Hall–Kier alpha value is -2.42. The van der Waals surface area contributed by atoms with E-state index in [-0.39, 0.29) is 24.0 Å². The molecule has 0 spiro atoms. The lowest BCUT2D eigenvalue weighted by Crippen LogP contribution is -2.42. The molecule has 1 aromatic heterocycles. The highest BCUT2D eigenvalue weighted by Gasteiger charge is 2.16. The number of rotatable bonds is 6. The third-order valence-electron chi connectivity index (χ3n) is 5.46. The Morgan fingerprint density at radius 3 is 2.57 bits per heavy atom. The molecule has 0 bridgehead atoms. The first-order valence-corrected chi connectivity index (χ1v) is 10.3. The molecule has 4 rings (SSSR count). The van der Waals surface area contributed by atoms with E-state index in [9.17, 15) is 0 Å². The van der Waals surface area contributed by atoms with Crippen LogP contribution in [0.2, 0.25) is 0 Å². The second-order valence-electron chi connectivity index (χ2n) is 7.50. The molecule has 7 heteroatoms. The van der Waals surface area contributed by atoms with Crippen molar-refractivity contribution >= 4 is 29.9 Å². The van der Waals surface area contributed by atoms with Gasteiger partial charge in [-0.1, -0.05) is 61.4 Å². The summed E-state index contributed by atoms with van der Waals surface area (Å²) >= 11 is 0. The fraction of sp³-hybridized carbons (Fsp3) is 0.348. The van der Waals surface area contributed by atoms with Gasteiger partial charge in [-0.05, 0) is 35.1 Å². The molecule has 0 saturated heterocycles. The van der Waals surface area contributed by atoms with Crippen molar-refractivity contribution in [3.05, 3.63) is 72.3 Å².